The van der Waals surface area contributed by atoms with Crippen molar-refractivity contribution in [1.29, 1.82) is 0 Å². The molecule has 1 nitrogen and oxygen atoms in total. The van der Waals surface area contributed by atoms with Gasteiger partial charge >= 0.3 is 0 Å². The van der Waals surface area contributed by atoms with Crippen LogP contribution in [0.2, 0.25) is 5.02 Å². The van der Waals surface area contributed by atoms with Crippen molar-refractivity contribution < 1.29 is 4.39 Å². The van der Waals surface area contributed by atoms with Gasteiger partial charge in [0.2, 0.25) is 0 Å². The molecule has 1 rings (SSSR count). The van der Waals surface area contributed by atoms with Crippen LogP contribution in [0.25, 0.3) is 0 Å². The van der Waals surface area contributed by atoms with Gasteiger partial charge < -0.3 is 5.73 Å². The summed E-state index contributed by atoms with van der Waals surface area (Å²) in [4.78, 5) is 0. The molecule has 0 radical (unpaired) electrons. The number of hydrogen-bond donors (Lipinski definition) is 1. The van der Waals surface area contributed by atoms with E-state index in [0.717, 1.165) is 5.75 Å². The molecule has 0 spiro atoms. The molecule has 0 fully saturated rings. The molecule has 1 atom stereocenters. The van der Waals surface area contributed by atoms with Gasteiger partial charge in [0, 0.05) is 16.8 Å². The zero-order valence-corrected chi connectivity index (χ0v) is 10.4. The average Bonchev–Trinajstić information content (AvgIpc) is 2.18. The van der Waals surface area contributed by atoms with Crippen LogP contribution in [0.5, 0.6) is 0 Å². The SMILES string of the molecule is CC(C)SCC(N)c1cc(F)ccc1Cl. The average molecular weight is 248 g/mol. The number of rotatable bonds is 4. The Morgan fingerprint density at radius 3 is 2.73 bits per heavy atom. The van der Waals surface area contributed by atoms with Crippen molar-refractivity contribution in [1.82, 2.24) is 0 Å². The minimum absolute atomic E-state index is 0.208. The lowest BCUT2D eigenvalue weighted by molar-refractivity contribution is 0.622. The molecule has 84 valence electrons. The summed E-state index contributed by atoms with van der Waals surface area (Å²) in [5.74, 6) is 0.459. The number of hydrogen-bond acceptors (Lipinski definition) is 2. The van der Waals surface area contributed by atoms with Gasteiger partial charge in [-0.2, -0.15) is 11.8 Å². The zero-order chi connectivity index (χ0) is 11.4. The number of thioether (sulfide) groups is 1. The predicted molar refractivity (Wildman–Crippen MR) is 65.9 cm³/mol. The van der Waals surface area contributed by atoms with Crippen LogP contribution in [0, 0.1) is 5.82 Å². The highest BCUT2D eigenvalue weighted by Crippen LogP contribution is 2.26. The fourth-order valence-electron chi connectivity index (χ4n) is 1.18. The van der Waals surface area contributed by atoms with Crippen molar-refractivity contribution >= 4 is 23.4 Å². The van der Waals surface area contributed by atoms with Crippen molar-refractivity contribution in [3.63, 3.8) is 0 Å². The van der Waals surface area contributed by atoms with E-state index < -0.39 is 0 Å². The maximum atomic E-state index is 13.0. The summed E-state index contributed by atoms with van der Waals surface area (Å²) >= 11 is 7.69. The van der Waals surface area contributed by atoms with Gasteiger partial charge in [-0.25, -0.2) is 4.39 Å². The van der Waals surface area contributed by atoms with Gasteiger partial charge in [0.15, 0.2) is 0 Å². The van der Waals surface area contributed by atoms with Gasteiger partial charge in [-0.1, -0.05) is 25.4 Å². The summed E-state index contributed by atoms with van der Waals surface area (Å²) in [5.41, 5.74) is 6.63. The Labute approximate surface area is 99.2 Å². The van der Waals surface area contributed by atoms with E-state index >= 15 is 0 Å². The molecule has 0 aliphatic heterocycles. The molecule has 0 saturated carbocycles. The van der Waals surface area contributed by atoms with Gasteiger partial charge in [0.25, 0.3) is 0 Å². The largest absolute Gasteiger partial charge is 0.323 e. The Balaban J connectivity index is 2.72. The lowest BCUT2D eigenvalue weighted by Crippen LogP contribution is -2.15. The first-order valence-corrected chi connectivity index (χ1v) is 6.25. The maximum absolute atomic E-state index is 13.0. The first-order valence-electron chi connectivity index (χ1n) is 4.83. The summed E-state index contributed by atoms with van der Waals surface area (Å²) in [5, 5.41) is 1.05. The smallest absolute Gasteiger partial charge is 0.123 e. The molecule has 1 aromatic carbocycles. The van der Waals surface area contributed by atoms with Crippen molar-refractivity contribution in [2.75, 3.05) is 5.75 Å². The minimum atomic E-state index is -0.292. The molecule has 2 N–H and O–H groups in total. The summed E-state index contributed by atoms with van der Waals surface area (Å²) in [6.45, 7) is 4.20. The molecule has 0 aliphatic carbocycles. The van der Waals surface area contributed by atoms with Crippen LogP contribution >= 0.6 is 23.4 Å². The van der Waals surface area contributed by atoms with Gasteiger partial charge in [-0.3, -0.25) is 0 Å². The van der Waals surface area contributed by atoms with E-state index in [0.29, 0.717) is 15.8 Å². The Kier molecular flexibility index (Phi) is 4.90. The van der Waals surface area contributed by atoms with Gasteiger partial charge in [0.05, 0.1) is 0 Å². The third-order valence-electron chi connectivity index (χ3n) is 1.97. The molecular formula is C11H15ClFNS. The summed E-state index contributed by atoms with van der Waals surface area (Å²) in [6.07, 6.45) is 0. The first-order chi connectivity index (χ1) is 7.00. The molecule has 0 amide bonds. The molecule has 15 heavy (non-hydrogen) atoms. The summed E-state index contributed by atoms with van der Waals surface area (Å²) in [7, 11) is 0. The van der Waals surface area contributed by atoms with E-state index in [-0.39, 0.29) is 11.9 Å². The lowest BCUT2D eigenvalue weighted by Gasteiger charge is -2.14. The van der Waals surface area contributed by atoms with Crippen molar-refractivity contribution in [3.05, 3.63) is 34.6 Å². The Morgan fingerprint density at radius 1 is 1.47 bits per heavy atom. The van der Waals surface area contributed by atoms with E-state index in [1.54, 1.807) is 17.8 Å². The number of halogens is 2. The molecule has 0 bridgehead atoms. The van der Waals surface area contributed by atoms with Crippen LogP contribution in [0.3, 0.4) is 0 Å². The van der Waals surface area contributed by atoms with E-state index in [1.165, 1.54) is 12.1 Å². The van der Waals surface area contributed by atoms with E-state index in [4.69, 9.17) is 17.3 Å². The standard InChI is InChI=1S/C11H15ClFNS/c1-7(2)15-6-11(14)9-5-8(13)3-4-10(9)12/h3-5,7,11H,6,14H2,1-2H3. The van der Waals surface area contributed by atoms with Crippen LogP contribution in [-0.4, -0.2) is 11.0 Å². The van der Waals surface area contributed by atoms with Crippen molar-refractivity contribution in [2.45, 2.75) is 25.1 Å². The molecule has 0 aromatic heterocycles. The van der Waals surface area contributed by atoms with E-state index in [9.17, 15) is 4.39 Å². The van der Waals surface area contributed by atoms with Crippen LogP contribution < -0.4 is 5.73 Å². The van der Waals surface area contributed by atoms with Crippen LogP contribution in [0.1, 0.15) is 25.5 Å². The molecular weight excluding hydrogens is 233 g/mol. The highest BCUT2D eigenvalue weighted by Gasteiger charge is 2.11. The Bertz CT molecular complexity index is 330. The third kappa shape index (κ3) is 4.01. The minimum Gasteiger partial charge on any atom is -0.323 e. The van der Waals surface area contributed by atoms with Gasteiger partial charge in [-0.05, 0) is 29.0 Å². The molecule has 1 aromatic rings. The highest BCUT2D eigenvalue weighted by atomic mass is 35.5. The van der Waals surface area contributed by atoms with Gasteiger partial charge in [-0.15, -0.1) is 0 Å². The van der Waals surface area contributed by atoms with Crippen molar-refractivity contribution in [2.24, 2.45) is 5.73 Å². The number of nitrogens with two attached hydrogens (primary N) is 1. The van der Waals surface area contributed by atoms with Crippen LogP contribution in [0.4, 0.5) is 4.39 Å². The normalized spacial score (nSPS) is 13.2. The second-order valence-electron chi connectivity index (χ2n) is 3.65. The zero-order valence-electron chi connectivity index (χ0n) is 8.84. The predicted octanol–water partition coefficient (Wildman–Crippen LogP) is 3.62. The monoisotopic (exact) mass is 247 g/mol. The van der Waals surface area contributed by atoms with Gasteiger partial charge in [0.1, 0.15) is 5.82 Å². The quantitative estimate of drug-likeness (QED) is 0.880. The topological polar surface area (TPSA) is 26.0 Å². The second-order valence-corrected chi connectivity index (χ2v) is 5.67. The van der Waals surface area contributed by atoms with Crippen LogP contribution in [-0.2, 0) is 0 Å². The molecule has 0 saturated heterocycles. The fraction of sp³-hybridized carbons (Fsp3) is 0.455. The summed E-state index contributed by atoms with van der Waals surface area (Å²) in [6, 6.07) is 4.09. The van der Waals surface area contributed by atoms with E-state index in [1.807, 2.05) is 0 Å². The second kappa shape index (κ2) is 5.73. The molecule has 4 heteroatoms. The molecule has 1 unspecified atom stereocenters. The molecule has 0 aliphatic rings. The number of benzene rings is 1. The highest BCUT2D eigenvalue weighted by molar-refractivity contribution is 7.99. The maximum Gasteiger partial charge on any atom is 0.123 e. The summed E-state index contributed by atoms with van der Waals surface area (Å²) < 4.78 is 13.0. The Morgan fingerprint density at radius 2 is 2.13 bits per heavy atom. The van der Waals surface area contributed by atoms with E-state index in [2.05, 4.69) is 13.8 Å². The Hall–Kier alpha value is -0.250. The fourth-order valence-corrected chi connectivity index (χ4v) is 2.21. The first kappa shape index (κ1) is 12.8. The van der Waals surface area contributed by atoms with Crippen LogP contribution in [0.15, 0.2) is 18.2 Å². The molecule has 0 heterocycles. The lowest BCUT2D eigenvalue weighted by atomic mass is 10.1. The third-order valence-corrected chi connectivity index (χ3v) is 3.53. The van der Waals surface area contributed by atoms with Crippen molar-refractivity contribution in [3.8, 4) is 0 Å².